The van der Waals surface area contributed by atoms with Crippen LogP contribution in [0.4, 0.5) is 0 Å². The molecule has 23 heavy (non-hydrogen) atoms. The summed E-state index contributed by atoms with van der Waals surface area (Å²) in [5.74, 6) is 0.632. The number of rotatable bonds is 2. The second-order valence-electron chi connectivity index (χ2n) is 6.88. The normalized spacial score (nSPS) is 21.4. The standard InChI is InChI=1S/C20H23NOS/c1-14-6-8-15(9-7-14)19-17-11-13-23-18(17)10-12-21(19)20(22)16-4-2-3-5-16/h6-9,11,13,16,19H,2-5,10,12H2,1H3/t19-/m0/s1. The highest BCUT2D eigenvalue weighted by Gasteiger charge is 2.36. The molecule has 4 rings (SSSR count). The van der Waals surface area contributed by atoms with Gasteiger partial charge < -0.3 is 4.90 Å². The largest absolute Gasteiger partial charge is 0.331 e. The number of benzene rings is 1. The van der Waals surface area contributed by atoms with Gasteiger partial charge in [-0.05, 0) is 48.8 Å². The molecule has 2 aliphatic rings. The molecule has 0 bridgehead atoms. The molecule has 1 atom stereocenters. The van der Waals surface area contributed by atoms with Gasteiger partial charge in [-0.2, -0.15) is 0 Å². The van der Waals surface area contributed by atoms with Gasteiger partial charge in [-0.3, -0.25) is 4.79 Å². The van der Waals surface area contributed by atoms with Crippen LogP contribution in [-0.4, -0.2) is 17.4 Å². The van der Waals surface area contributed by atoms with Crippen molar-refractivity contribution in [2.24, 2.45) is 5.92 Å². The maximum absolute atomic E-state index is 13.1. The summed E-state index contributed by atoms with van der Waals surface area (Å²) < 4.78 is 0. The van der Waals surface area contributed by atoms with Gasteiger partial charge in [-0.15, -0.1) is 11.3 Å². The Kier molecular flexibility index (Phi) is 3.98. The number of thiophene rings is 1. The van der Waals surface area contributed by atoms with Gasteiger partial charge in [0.05, 0.1) is 6.04 Å². The summed E-state index contributed by atoms with van der Waals surface area (Å²) in [5.41, 5.74) is 3.86. The summed E-state index contributed by atoms with van der Waals surface area (Å²) in [6.45, 7) is 2.98. The molecule has 1 aromatic carbocycles. The molecule has 0 saturated heterocycles. The van der Waals surface area contributed by atoms with Crippen molar-refractivity contribution in [3.05, 3.63) is 57.3 Å². The summed E-state index contributed by atoms with van der Waals surface area (Å²) >= 11 is 1.83. The van der Waals surface area contributed by atoms with Gasteiger partial charge in [0, 0.05) is 17.3 Å². The first-order valence-electron chi connectivity index (χ1n) is 8.67. The maximum atomic E-state index is 13.1. The topological polar surface area (TPSA) is 20.3 Å². The lowest BCUT2D eigenvalue weighted by Gasteiger charge is -2.38. The Morgan fingerprint density at radius 2 is 1.87 bits per heavy atom. The van der Waals surface area contributed by atoms with E-state index in [1.165, 1.54) is 34.4 Å². The fourth-order valence-corrected chi connectivity index (χ4v) is 4.97. The number of aryl methyl sites for hydroxylation is 1. The number of amides is 1. The summed E-state index contributed by atoms with van der Waals surface area (Å²) in [6, 6.07) is 11.0. The van der Waals surface area contributed by atoms with Gasteiger partial charge in [0.1, 0.15) is 0 Å². The van der Waals surface area contributed by atoms with E-state index in [1.54, 1.807) is 0 Å². The average molecular weight is 325 g/mol. The summed E-state index contributed by atoms with van der Waals surface area (Å²) in [6.07, 6.45) is 5.58. The SMILES string of the molecule is Cc1ccc([C@H]2c3ccsc3CCN2C(=O)C2CCCC2)cc1. The molecule has 0 spiro atoms. The van der Waals surface area contributed by atoms with Crippen LogP contribution < -0.4 is 0 Å². The number of fused-ring (bicyclic) bond motifs is 1. The van der Waals surface area contributed by atoms with Crippen molar-refractivity contribution in [3.8, 4) is 0 Å². The Hall–Kier alpha value is -1.61. The van der Waals surface area contributed by atoms with Crippen molar-refractivity contribution >= 4 is 17.2 Å². The molecular weight excluding hydrogens is 302 g/mol. The van der Waals surface area contributed by atoms with Crippen LogP contribution in [0.25, 0.3) is 0 Å². The van der Waals surface area contributed by atoms with Crippen LogP contribution in [0.3, 0.4) is 0 Å². The van der Waals surface area contributed by atoms with Gasteiger partial charge in [0.15, 0.2) is 0 Å². The molecule has 1 fully saturated rings. The zero-order valence-corrected chi connectivity index (χ0v) is 14.4. The summed E-state index contributed by atoms with van der Waals surface area (Å²) in [5, 5.41) is 2.18. The van der Waals surface area contributed by atoms with E-state index in [0.29, 0.717) is 5.91 Å². The summed E-state index contributed by atoms with van der Waals surface area (Å²) in [4.78, 5) is 16.7. The van der Waals surface area contributed by atoms with E-state index in [0.717, 1.165) is 25.8 Å². The predicted molar refractivity (Wildman–Crippen MR) is 94.7 cm³/mol. The smallest absolute Gasteiger partial charge is 0.226 e. The van der Waals surface area contributed by atoms with Crippen LogP contribution in [0.15, 0.2) is 35.7 Å². The molecule has 1 saturated carbocycles. The van der Waals surface area contributed by atoms with Gasteiger partial charge in [0.25, 0.3) is 0 Å². The molecule has 2 nitrogen and oxygen atoms in total. The van der Waals surface area contributed by atoms with Gasteiger partial charge in [-0.25, -0.2) is 0 Å². The highest BCUT2D eigenvalue weighted by molar-refractivity contribution is 7.10. The van der Waals surface area contributed by atoms with Crippen molar-refractivity contribution in [2.45, 2.75) is 45.1 Å². The molecule has 2 heterocycles. The fourth-order valence-electron chi connectivity index (χ4n) is 4.07. The number of hydrogen-bond donors (Lipinski definition) is 0. The van der Waals surface area contributed by atoms with Crippen molar-refractivity contribution in [2.75, 3.05) is 6.54 Å². The highest BCUT2D eigenvalue weighted by atomic mass is 32.1. The molecule has 1 amide bonds. The van der Waals surface area contributed by atoms with Crippen molar-refractivity contribution in [3.63, 3.8) is 0 Å². The van der Waals surface area contributed by atoms with E-state index in [1.807, 2.05) is 11.3 Å². The van der Waals surface area contributed by atoms with E-state index >= 15 is 0 Å². The first-order chi connectivity index (χ1) is 11.2. The maximum Gasteiger partial charge on any atom is 0.226 e. The molecule has 0 unspecified atom stereocenters. The monoisotopic (exact) mass is 325 g/mol. The van der Waals surface area contributed by atoms with Crippen LogP contribution in [0.2, 0.25) is 0 Å². The Balaban J connectivity index is 1.72. The Bertz CT molecular complexity index is 697. The van der Waals surface area contributed by atoms with Crippen LogP contribution in [-0.2, 0) is 11.2 Å². The minimum Gasteiger partial charge on any atom is -0.331 e. The lowest BCUT2D eigenvalue weighted by molar-refractivity contribution is -0.137. The lowest BCUT2D eigenvalue weighted by atomic mass is 9.91. The molecule has 3 heteroatoms. The Morgan fingerprint density at radius 3 is 2.61 bits per heavy atom. The molecular formula is C20H23NOS. The van der Waals surface area contributed by atoms with E-state index < -0.39 is 0 Å². The molecule has 1 aromatic heterocycles. The molecule has 0 radical (unpaired) electrons. The first kappa shape index (κ1) is 14.9. The van der Waals surface area contributed by atoms with Gasteiger partial charge >= 0.3 is 0 Å². The first-order valence-corrected chi connectivity index (χ1v) is 9.55. The molecule has 120 valence electrons. The van der Waals surface area contributed by atoms with Crippen molar-refractivity contribution in [1.29, 1.82) is 0 Å². The van der Waals surface area contributed by atoms with Crippen LogP contribution in [0.1, 0.15) is 53.3 Å². The fraction of sp³-hybridized carbons (Fsp3) is 0.450. The van der Waals surface area contributed by atoms with Gasteiger partial charge in [-0.1, -0.05) is 42.7 Å². The average Bonchev–Trinajstić information content (AvgIpc) is 3.25. The van der Waals surface area contributed by atoms with Crippen LogP contribution in [0.5, 0.6) is 0 Å². The lowest BCUT2D eigenvalue weighted by Crippen LogP contribution is -2.42. The minimum absolute atomic E-state index is 0.110. The van der Waals surface area contributed by atoms with E-state index in [9.17, 15) is 4.79 Å². The quantitative estimate of drug-likeness (QED) is 0.782. The molecule has 1 aliphatic carbocycles. The molecule has 0 N–H and O–H groups in total. The Morgan fingerprint density at radius 1 is 1.13 bits per heavy atom. The minimum atomic E-state index is 0.110. The zero-order chi connectivity index (χ0) is 15.8. The van der Waals surface area contributed by atoms with Crippen LogP contribution in [0, 0.1) is 12.8 Å². The van der Waals surface area contributed by atoms with E-state index in [-0.39, 0.29) is 12.0 Å². The third kappa shape index (κ3) is 2.72. The second kappa shape index (κ2) is 6.12. The number of carbonyl (C=O) groups is 1. The second-order valence-corrected chi connectivity index (χ2v) is 7.88. The molecule has 1 aliphatic heterocycles. The highest BCUT2D eigenvalue weighted by Crippen LogP contribution is 2.40. The third-order valence-corrected chi connectivity index (χ3v) is 6.34. The predicted octanol–water partition coefficient (Wildman–Crippen LogP) is 4.72. The number of nitrogens with zero attached hydrogens (tertiary/aromatic N) is 1. The Labute approximate surface area is 142 Å². The zero-order valence-electron chi connectivity index (χ0n) is 13.6. The van der Waals surface area contributed by atoms with E-state index in [2.05, 4.69) is 47.5 Å². The van der Waals surface area contributed by atoms with Crippen molar-refractivity contribution < 1.29 is 4.79 Å². The van der Waals surface area contributed by atoms with Gasteiger partial charge in [0.2, 0.25) is 5.91 Å². The third-order valence-electron chi connectivity index (χ3n) is 5.35. The van der Waals surface area contributed by atoms with E-state index in [4.69, 9.17) is 0 Å². The molecule has 2 aromatic rings. The number of hydrogen-bond acceptors (Lipinski definition) is 2. The van der Waals surface area contributed by atoms with Crippen LogP contribution >= 0.6 is 11.3 Å². The summed E-state index contributed by atoms with van der Waals surface area (Å²) in [7, 11) is 0. The number of carbonyl (C=O) groups excluding carboxylic acids is 1. The van der Waals surface area contributed by atoms with Crippen molar-refractivity contribution in [1.82, 2.24) is 4.90 Å².